The average Bonchev–Trinajstić information content (AvgIpc) is 2.50. The van der Waals surface area contributed by atoms with Crippen LogP contribution in [0.4, 0.5) is 8.78 Å². The lowest BCUT2D eigenvalue weighted by atomic mass is 9.97. The summed E-state index contributed by atoms with van der Waals surface area (Å²) in [5.74, 6) is 0.605. The molecule has 0 radical (unpaired) electrons. The summed E-state index contributed by atoms with van der Waals surface area (Å²) in [6.07, 6.45) is 0.198. The van der Waals surface area contributed by atoms with E-state index < -0.39 is 11.6 Å². The number of aliphatic hydroxyl groups is 1. The molecule has 1 aliphatic heterocycles. The van der Waals surface area contributed by atoms with Crippen molar-refractivity contribution in [2.75, 3.05) is 11.5 Å². The maximum absolute atomic E-state index is 12.9. The topological polar surface area (TPSA) is 20.2 Å². The second-order valence-electron chi connectivity index (χ2n) is 3.85. The summed E-state index contributed by atoms with van der Waals surface area (Å²) in [6, 6.07) is 3.53. The highest BCUT2D eigenvalue weighted by Crippen LogP contribution is 2.27. The minimum Gasteiger partial charge on any atom is -0.392 e. The van der Waals surface area contributed by atoms with Crippen LogP contribution in [0.2, 0.25) is 0 Å². The van der Waals surface area contributed by atoms with E-state index in [1.807, 2.05) is 0 Å². The van der Waals surface area contributed by atoms with Crippen LogP contribution in [0.1, 0.15) is 5.56 Å². The molecule has 0 spiro atoms. The van der Waals surface area contributed by atoms with E-state index in [-0.39, 0.29) is 12.0 Å². The summed E-state index contributed by atoms with van der Waals surface area (Å²) >= 11 is 1.68. The van der Waals surface area contributed by atoms with E-state index >= 15 is 0 Å². The molecule has 4 heteroatoms. The quantitative estimate of drug-likeness (QED) is 0.840. The van der Waals surface area contributed by atoms with Crippen LogP contribution in [0.25, 0.3) is 0 Å². The Morgan fingerprint density at radius 3 is 2.40 bits per heavy atom. The molecule has 1 heterocycles. The van der Waals surface area contributed by atoms with Crippen LogP contribution < -0.4 is 0 Å². The number of rotatable bonds is 2. The molecule has 1 nitrogen and oxygen atoms in total. The van der Waals surface area contributed by atoms with Gasteiger partial charge in [0.2, 0.25) is 0 Å². The smallest absolute Gasteiger partial charge is 0.126 e. The van der Waals surface area contributed by atoms with Gasteiger partial charge in [0.25, 0.3) is 0 Å². The Morgan fingerprint density at radius 2 is 1.87 bits per heavy atom. The Bertz CT molecular complexity index is 336. The van der Waals surface area contributed by atoms with Gasteiger partial charge in [-0.1, -0.05) is 0 Å². The highest BCUT2D eigenvalue weighted by molar-refractivity contribution is 7.99. The SMILES string of the molecule is OC1CSCC1Cc1cc(F)cc(F)c1. The van der Waals surface area contributed by atoms with Crippen LogP contribution in [-0.2, 0) is 6.42 Å². The average molecular weight is 230 g/mol. The Morgan fingerprint density at radius 1 is 1.20 bits per heavy atom. The molecule has 2 atom stereocenters. The largest absolute Gasteiger partial charge is 0.392 e. The molecule has 0 aromatic heterocycles. The first kappa shape index (κ1) is 10.9. The van der Waals surface area contributed by atoms with Crippen molar-refractivity contribution in [1.29, 1.82) is 0 Å². The van der Waals surface area contributed by atoms with Gasteiger partial charge in [-0.15, -0.1) is 0 Å². The van der Waals surface area contributed by atoms with Crippen molar-refractivity contribution in [3.8, 4) is 0 Å². The van der Waals surface area contributed by atoms with E-state index in [4.69, 9.17) is 0 Å². The van der Waals surface area contributed by atoms with Crippen molar-refractivity contribution in [3.63, 3.8) is 0 Å². The predicted molar refractivity (Wildman–Crippen MR) is 56.9 cm³/mol. The fraction of sp³-hybridized carbons (Fsp3) is 0.455. The van der Waals surface area contributed by atoms with E-state index in [9.17, 15) is 13.9 Å². The minimum atomic E-state index is -0.551. The first-order valence-electron chi connectivity index (χ1n) is 4.86. The van der Waals surface area contributed by atoms with E-state index in [1.165, 1.54) is 12.1 Å². The number of thioether (sulfide) groups is 1. The summed E-state index contributed by atoms with van der Waals surface area (Å²) in [5, 5.41) is 9.58. The van der Waals surface area contributed by atoms with Gasteiger partial charge in [0.15, 0.2) is 0 Å². The van der Waals surface area contributed by atoms with Gasteiger partial charge in [-0.25, -0.2) is 8.78 Å². The Hall–Kier alpha value is -0.610. The second-order valence-corrected chi connectivity index (χ2v) is 4.92. The summed E-state index contributed by atoms with van der Waals surface area (Å²) < 4.78 is 25.8. The van der Waals surface area contributed by atoms with Crippen LogP contribution in [0, 0.1) is 17.6 Å². The highest BCUT2D eigenvalue weighted by Gasteiger charge is 2.25. The Kier molecular flexibility index (Phi) is 3.26. The third-order valence-electron chi connectivity index (χ3n) is 2.58. The second kappa shape index (κ2) is 4.49. The summed E-state index contributed by atoms with van der Waals surface area (Å²) in [6.45, 7) is 0. The molecular formula is C11H12F2OS. The third kappa shape index (κ3) is 2.69. The number of halogens is 2. The van der Waals surface area contributed by atoms with Gasteiger partial charge < -0.3 is 5.11 Å². The van der Waals surface area contributed by atoms with Crippen molar-refractivity contribution >= 4 is 11.8 Å². The molecule has 2 rings (SSSR count). The summed E-state index contributed by atoms with van der Waals surface area (Å²) in [4.78, 5) is 0. The molecule has 1 fully saturated rings. The first-order chi connectivity index (χ1) is 7.15. The van der Waals surface area contributed by atoms with Crippen molar-refractivity contribution in [1.82, 2.24) is 0 Å². The number of hydrogen-bond donors (Lipinski definition) is 1. The molecule has 0 bridgehead atoms. The Labute approximate surface area is 91.5 Å². The fourth-order valence-corrected chi connectivity index (χ4v) is 3.11. The van der Waals surface area contributed by atoms with E-state index in [1.54, 1.807) is 11.8 Å². The van der Waals surface area contributed by atoms with Crippen LogP contribution in [0.5, 0.6) is 0 Å². The van der Waals surface area contributed by atoms with Crippen molar-refractivity contribution in [2.24, 2.45) is 5.92 Å². The molecule has 1 aromatic rings. The highest BCUT2D eigenvalue weighted by atomic mass is 32.2. The molecule has 82 valence electrons. The fourth-order valence-electron chi connectivity index (χ4n) is 1.81. The molecule has 0 amide bonds. The molecule has 15 heavy (non-hydrogen) atoms. The van der Waals surface area contributed by atoms with Gasteiger partial charge in [-0.2, -0.15) is 11.8 Å². The minimum absolute atomic E-state index is 0.121. The molecule has 0 saturated carbocycles. The lowest BCUT2D eigenvalue weighted by Crippen LogP contribution is -2.20. The third-order valence-corrected chi connectivity index (χ3v) is 3.83. The lowest BCUT2D eigenvalue weighted by Gasteiger charge is -2.13. The maximum atomic E-state index is 12.9. The van der Waals surface area contributed by atoms with Crippen molar-refractivity contribution in [3.05, 3.63) is 35.4 Å². The number of hydrogen-bond acceptors (Lipinski definition) is 2. The zero-order chi connectivity index (χ0) is 10.8. The molecule has 0 aliphatic carbocycles. The van der Waals surface area contributed by atoms with Crippen molar-refractivity contribution < 1.29 is 13.9 Å². The van der Waals surface area contributed by atoms with Crippen LogP contribution in [0.3, 0.4) is 0 Å². The van der Waals surface area contributed by atoms with Gasteiger partial charge in [0, 0.05) is 11.8 Å². The van der Waals surface area contributed by atoms with Gasteiger partial charge in [-0.05, 0) is 35.8 Å². The van der Waals surface area contributed by atoms with Gasteiger partial charge >= 0.3 is 0 Å². The monoisotopic (exact) mass is 230 g/mol. The summed E-state index contributed by atoms with van der Waals surface area (Å²) in [7, 11) is 0. The zero-order valence-electron chi connectivity index (χ0n) is 8.12. The predicted octanol–water partition coefficient (Wildman–Crippen LogP) is 2.23. The number of aliphatic hydroxyl groups excluding tert-OH is 1. The molecule has 1 aromatic carbocycles. The molecular weight excluding hydrogens is 218 g/mol. The first-order valence-corrected chi connectivity index (χ1v) is 6.01. The van der Waals surface area contributed by atoms with Crippen molar-refractivity contribution in [2.45, 2.75) is 12.5 Å². The molecule has 2 unspecified atom stereocenters. The zero-order valence-corrected chi connectivity index (χ0v) is 8.94. The number of benzene rings is 1. The molecule has 1 aliphatic rings. The normalized spacial score (nSPS) is 25.8. The molecule has 1 saturated heterocycles. The van der Waals surface area contributed by atoms with Gasteiger partial charge in [-0.3, -0.25) is 0 Å². The van der Waals surface area contributed by atoms with E-state index in [0.717, 1.165) is 17.6 Å². The van der Waals surface area contributed by atoms with Gasteiger partial charge in [0.05, 0.1) is 6.10 Å². The standard InChI is InChI=1S/C11H12F2OS/c12-9-2-7(3-10(13)4-9)1-8-5-15-6-11(8)14/h2-4,8,11,14H,1,5-6H2. The molecule has 1 N–H and O–H groups in total. The van der Waals surface area contributed by atoms with Crippen LogP contribution >= 0.6 is 11.8 Å². The van der Waals surface area contributed by atoms with E-state index in [2.05, 4.69) is 0 Å². The Balaban J connectivity index is 2.10. The van der Waals surface area contributed by atoms with Gasteiger partial charge in [0.1, 0.15) is 11.6 Å². The van der Waals surface area contributed by atoms with Crippen LogP contribution in [-0.4, -0.2) is 22.7 Å². The van der Waals surface area contributed by atoms with E-state index in [0.29, 0.717) is 12.0 Å². The van der Waals surface area contributed by atoms with Crippen LogP contribution in [0.15, 0.2) is 18.2 Å². The maximum Gasteiger partial charge on any atom is 0.126 e. The summed E-state index contributed by atoms with van der Waals surface area (Å²) in [5.41, 5.74) is 0.624. The lowest BCUT2D eigenvalue weighted by molar-refractivity contribution is 0.149.